The van der Waals surface area contributed by atoms with Crippen molar-refractivity contribution in [3.63, 3.8) is 0 Å². The van der Waals surface area contributed by atoms with Crippen molar-refractivity contribution >= 4 is 8.80 Å². The summed E-state index contributed by atoms with van der Waals surface area (Å²) in [6, 6.07) is 0.225. The molecule has 104 valence electrons. The first-order valence-corrected chi connectivity index (χ1v) is 7.02. The molecule has 1 N–H and O–H groups in total. The molecule has 0 aliphatic heterocycles. The molecule has 4 nitrogen and oxygen atoms in total. The molecule has 0 aromatic rings. The average molecular weight is 276 g/mol. The minimum Gasteiger partial charge on any atom is -0.381 e. The molecule has 0 aromatic carbocycles. The van der Waals surface area contributed by atoms with E-state index >= 15 is 0 Å². The van der Waals surface area contributed by atoms with Crippen LogP contribution in [0, 0.1) is 0 Å². The van der Waals surface area contributed by atoms with Gasteiger partial charge in [0.1, 0.15) is 0 Å². The van der Waals surface area contributed by atoms with Crippen molar-refractivity contribution in [2.75, 3.05) is 21.3 Å². The third-order valence-corrected chi connectivity index (χ3v) is 5.52. The molecule has 0 aliphatic carbocycles. The predicted octanol–water partition coefficient (Wildman–Crippen LogP) is 1.96. The van der Waals surface area contributed by atoms with Crippen LogP contribution in [0.5, 0.6) is 0 Å². The van der Waals surface area contributed by atoms with Crippen molar-refractivity contribution in [1.82, 2.24) is 0 Å². The van der Waals surface area contributed by atoms with Gasteiger partial charge in [0.15, 0.2) is 5.60 Å². The number of rotatable bonds is 7. The van der Waals surface area contributed by atoms with Gasteiger partial charge in [-0.3, -0.25) is 0 Å². The SMILES string of the molecule is CO[Si](CCCC(C)(O)C(F)(F)F)(OC)OC. The molecule has 8 heteroatoms. The van der Waals surface area contributed by atoms with Crippen LogP contribution >= 0.6 is 0 Å². The van der Waals surface area contributed by atoms with Crippen LogP contribution < -0.4 is 0 Å². The van der Waals surface area contributed by atoms with Crippen molar-refractivity contribution in [3.8, 4) is 0 Å². The van der Waals surface area contributed by atoms with E-state index in [1.807, 2.05) is 0 Å². The summed E-state index contributed by atoms with van der Waals surface area (Å²) in [6.07, 6.45) is -4.94. The second-order valence-corrected chi connectivity index (χ2v) is 7.01. The van der Waals surface area contributed by atoms with Gasteiger partial charge in [0.2, 0.25) is 0 Å². The summed E-state index contributed by atoms with van der Waals surface area (Å²) in [5, 5.41) is 9.23. The summed E-state index contributed by atoms with van der Waals surface area (Å²) in [5.74, 6) is 0. The van der Waals surface area contributed by atoms with Crippen molar-refractivity contribution in [2.24, 2.45) is 0 Å². The molecule has 0 rings (SSSR count). The van der Waals surface area contributed by atoms with Crippen LogP contribution in [0.1, 0.15) is 19.8 Å². The van der Waals surface area contributed by atoms with Crippen molar-refractivity contribution in [1.29, 1.82) is 0 Å². The average Bonchev–Trinajstić information content (AvgIpc) is 2.23. The molecule has 0 heterocycles. The van der Waals surface area contributed by atoms with E-state index in [4.69, 9.17) is 13.3 Å². The molecule has 0 fully saturated rings. The molecular formula is C9H19F3O4Si. The Balaban J connectivity index is 4.32. The summed E-state index contributed by atoms with van der Waals surface area (Å²) in [7, 11) is 1.32. The van der Waals surface area contributed by atoms with E-state index in [0.717, 1.165) is 6.92 Å². The standard InChI is InChI=1S/C9H19F3O4Si/c1-8(13,9(10,11)12)6-5-7-17(14-2,15-3)16-4/h13H,5-7H2,1-4H3. The minimum absolute atomic E-state index is 0.105. The van der Waals surface area contributed by atoms with E-state index < -0.39 is 27.0 Å². The third kappa shape index (κ3) is 4.55. The van der Waals surface area contributed by atoms with E-state index in [1.165, 1.54) is 21.3 Å². The van der Waals surface area contributed by atoms with Crippen LogP contribution in [0.15, 0.2) is 0 Å². The Morgan fingerprint density at radius 3 is 1.76 bits per heavy atom. The number of aliphatic hydroxyl groups is 1. The van der Waals surface area contributed by atoms with Crippen LogP contribution in [-0.2, 0) is 13.3 Å². The Morgan fingerprint density at radius 2 is 1.47 bits per heavy atom. The Labute approximate surface area is 100 Å². The number of hydrogen-bond acceptors (Lipinski definition) is 4. The van der Waals surface area contributed by atoms with E-state index in [-0.39, 0.29) is 12.5 Å². The summed E-state index contributed by atoms with van der Waals surface area (Å²) >= 11 is 0. The van der Waals surface area contributed by atoms with Gasteiger partial charge in [0, 0.05) is 27.4 Å². The highest BCUT2D eigenvalue weighted by Gasteiger charge is 2.50. The van der Waals surface area contributed by atoms with Crippen LogP contribution in [-0.4, -0.2) is 47.0 Å². The van der Waals surface area contributed by atoms with Crippen LogP contribution in [0.25, 0.3) is 0 Å². The van der Waals surface area contributed by atoms with Crippen LogP contribution in [0.2, 0.25) is 6.04 Å². The van der Waals surface area contributed by atoms with Gasteiger partial charge in [-0.25, -0.2) is 0 Å². The Bertz CT molecular complexity index is 219. The summed E-state index contributed by atoms with van der Waals surface area (Å²) in [4.78, 5) is 0. The maximum Gasteiger partial charge on any atom is 0.500 e. The van der Waals surface area contributed by atoms with Crippen molar-refractivity contribution < 1.29 is 31.6 Å². The van der Waals surface area contributed by atoms with Crippen molar-refractivity contribution in [2.45, 2.75) is 37.6 Å². The number of halogens is 3. The molecule has 1 atom stereocenters. The number of hydrogen-bond donors (Lipinski definition) is 1. The lowest BCUT2D eigenvalue weighted by molar-refractivity contribution is -0.255. The third-order valence-electron chi connectivity index (χ3n) is 2.69. The molecule has 0 radical (unpaired) electrons. The Morgan fingerprint density at radius 1 is 1.06 bits per heavy atom. The van der Waals surface area contributed by atoms with E-state index in [0.29, 0.717) is 0 Å². The molecule has 0 aliphatic rings. The van der Waals surface area contributed by atoms with Gasteiger partial charge in [0.25, 0.3) is 0 Å². The van der Waals surface area contributed by atoms with Crippen molar-refractivity contribution in [3.05, 3.63) is 0 Å². The fraction of sp³-hybridized carbons (Fsp3) is 1.00. The van der Waals surface area contributed by atoms with Crippen LogP contribution in [0.4, 0.5) is 13.2 Å². The summed E-state index contributed by atoms with van der Waals surface area (Å²) in [6.45, 7) is 0.753. The normalized spacial score (nSPS) is 16.9. The second-order valence-electron chi connectivity index (χ2n) is 3.92. The molecule has 0 saturated carbocycles. The van der Waals surface area contributed by atoms with Gasteiger partial charge in [-0.2, -0.15) is 13.2 Å². The molecule has 0 aromatic heterocycles. The molecule has 0 bridgehead atoms. The summed E-state index contributed by atoms with van der Waals surface area (Å²) in [5.41, 5.74) is -2.69. The topological polar surface area (TPSA) is 47.9 Å². The lowest BCUT2D eigenvalue weighted by Gasteiger charge is -2.28. The largest absolute Gasteiger partial charge is 0.500 e. The highest BCUT2D eigenvalue weighted by Crippen LogP contribution is 2.34. The molecule has 17 heavy (non-hydrogen) atoms. The Hall–Kier alpha value is -0.153. The van der Waals surface area contributed by atoms with Crippen LogP contribution in [0.3, 0.4) is 0 Å². The van der Waals surface area contributed by atoms with E-state index in [1.54, 1.807) is 0 Å². The predicted molar refractivity (Wildman–Crippen MR) is 57.5 cm³/mol. The zero-order valence-corrected chi connectivity index (χ0v) is 11.4. The monoisotopic (exact) mass is 276 g/mol. The smallest absolute Gasteiger partial charge is 0.381 e. The van der Waals surface area contributed by atoms with Gasteiger partial charge < -0.3 is 18.4 Å². The summed E-state index contributed by atoms with van der Waals surface area (Å²) < 4.78 is 52.3. The van der Waals surface area contributed by atoms with E-state index in [2.05, 4.69) is 0 Å². The second kappa shape index (κ2) is 6.14. The van der Waals surface area contributed by atoms with Gasteiger partial charge in [0.05, 0.1) is 0 Å². The molecular weight excluding hydrogens is 257 g/mol. The fourth-order valence-corrected chi connectivity index (χ4v) is 3.07. The lowest BCUT2D eigenvalue weighted by atomic mass is 10.0. The first-order chi connectivity index (χ1) is 7.64. The minimum atomic E-state index is -4.63. The van der Waals surface area contributed by atoms with Gasteiger partial charge in [-0.05, 0) is 19.8 Å². The van der Waals surface area contributed by atoms with Gasteiger partial charge >= 0.3 is 15.0 Å². The maximum absolute atomic E-state index is 12.4. The Kier molecular flexibility index (Phi) is 6.09. The molecule has 0 spiro atoms. The lowest BCUT2D eigenvalue weighted by Crippen LogP contribution is -2.45. The fourth-order valence-electron chi connectivity index (χ4n) is 1.35. The molecule has 0 saturated heterocycles. The van der Waals surface area contributed by atoms with Gasteiger partial charge in [-0.15, -0.1) is 0 Å². The van der Waals surface area contributed by atoms with Gasteiger partial charge in [-0.1, -0.05) is 0 Å². The molecule has 1 unspecified atom stereocenters. The first kappa shape index (κ1) is 16.8. The molecule has 0 amide bonds. The first-order valence-electron chi connectivity index (χ1n) is 5.08. The van der Waals surface area contributed by atoms with E-state index in [9.17, 15) is 18.3 Å². The number of alkyl halides is 3. The highest BCUT2D eigenvalue weighted by molar-refractivity contribution is 6.60. The zero-order valence-electron chi connectivity index (χ0n) is 10.4. The maximum atomic E-state index is 12.4. The highest BCUT2D eigenvalue weighted by atomic mass is 28.4. The quantitative estimate of drug-likeness (QED) is 0.722. The zero-order chi connectivity index (χ0) is 13.7.